The first-order valence-electron chi connectivity index (χ1n) is 4.45. The molecule has 0 aliphatic rings. The van der Waals surface area contributed by atoms with Gasteiger partial charge in [-0.3, -0.25) is 0 Å². The van der Waals surface area contributed by atoms with Crippen molar-refractivity contribution in [2.24, 2.45) is 0 Å². The molecular weight excluding hydrogens is 255 g/mol. The molecule has 0 aromatic heterocycles. The Morgan fingerprint density at radius 2 is 2.12 bits per heavy atom. The van der Waals surface area contributed by atoms with Crippen LogP contribution in [0.5, 0.6) is 11.5 Å². The molecule has 0 saturated heterocycles. The predicted molar refractivity (Wildman–Crippen MR) is 60.6 cm³/mol. The van der Waals surface area contributed by atoms with Gasteiger partial charge in [0, 0.05) is 6.07 Å². The first-order chi connectivity index (χ1) is 7.52. The molecule has 0 heterocycles. The third-order valence-corrected chi connectivity index (χ3v) is 2.52. The summed E-state index contributed by atoms with van der Waals surface area (Å²) >= 11 is 11.6. The molecule has 0 atom stereocenters. The van der Waals surface area contributed by atoms with Gasteiger partial charge in [-0.05, 0) is 6.92 Å². The van der Waals surface area contributed by atoms with Gasteiger partial charge >= 0.3 is 5.97 Å². The van der Waals surface area contributed by atoms with Crippen molar-refractivity contribution >= 4 is 29.2 Å². The number of phenols is 1. The second-order valence-corrected chi connectivity index (χ2v) is 3.60. The summed E-state index contributed by atoms with van der Waals surface area (Å²) in [6.45, 7) is 1.85. The Labute approximate surface area is 103 Å². The van der Waals surface area contributed by atoms with Gasteiger partial charge in [-0.25, -0.2) is 4.79 Å². The molecule has 88 valence electrons. The smallest absolute Gasteiger partial charge is 0.341 e. The van der Waals surface area contributed by atoms with Crippen molar-refractivity contribution in [3.63, 3.8) is 0 Å². The van der Waals surface area contributed by atoms with E-state index in [4.69, 9.17) is 32.7 Å². The lowest BCUT2D eigenvalue weighted by Gasteiger charge is -2.10. The zero-order valence-corrected chi connectivity index (χ0v) is 10.2. The summed E-state index contributed by atoms with van der Waals surface area (Å²) < 4.78 is 9.59. The average Bonchev–Trinajstić information content (AvgIpc) is 2.24. The Kier molecular flexibility index (Phi) is 4.26. The standard InChI is InChI=1S/C10H10Cl2O4/c1-3-16-10(14)7-5(11)4-6(15-2)9(13)8(7)12/h4,13H,3H2,1-2H3. The van der Waals surface area contributed by atoms with Crippen LogP contribution in [0.15, 0.2) is 6.07 Å². The minimum atomic E-state index is -0.685. The van der Waals surface area contributed by atoms with Crippen LogP contribution in [0.4, 0.5) is 0 Å². The van der Waals surface area contributed by atoms with Crippen molar-refractivity contribution in [3.8, 4) is 11.5 Å². The Hall–Kier alpha value is -1.13. The maximum Gasteiger partial charge on any atom is 0.341 e. The third kappa shape index (κ3) is 2.33. The molecule has 0 amide bonds. The second kappa shape index (κ2) is 5.27. The van der Waals surface area contributed by atoms with E-state index in [0.717, 1.165) is 0 Å². The van der Waals surface area contributed by atoms with Gasteiger partial charge in [-0.1, -0.05) is 23.2 Å². The van der Waals surface area contributed by atoms with E-state index in [9.17, 15) is 9.90 Å². The molecule has 1 N–H and O–H groups in total. The molecule has 0 aliphatic heterocycles. The minimum Gasteiger partial charge on any atom is -0.503 e. The number of hydrogen-bond acceptors (Lipinski definition) is 4. The SMILES string of the molecule is CCOC(=O)c1c(Cl)cc(OC)c(O)c1Cl. The van der Waals surface area contributed by atoms with Crippen LogP contribution < -0.4 is 4.74 Å². The number of ether oxygens (including phenoxy) is 2. The number of rotatable bonds is 3. The van der Waals surface area contributed by atoms with E-state index < -0.39 is 5.97 Å². The summed E-state index contributed by atoms with van der Waals surface area (Å²) in [5.41, 5.74) is -0.0662. The summed E-state index contributed by atoms with van der Waals surface area (Å²) in [5.74, 6) is -0.921. The van der Waals surface area contributed by atoms with Crippen molar-refractivity contribution in [1.82, 2.24) is 0 Å². The lowest BCUT2D eigenvalue weighted by atomic mass is 10.2. The molecule has 0 unspecified atom stereocenters. The molecule has 0 aliphatic carbocycles. The van der Waals surface area contributed by atoms with Crippen molar-refractivity contribution in [3.05, 3.63) is 21.7 Å². The number of phenolic OH excluding ortho intramolecular Hbond substituents is 1. The molecule has 0 bridgehead atoms. The fourth-order valence-electron chi connectivity index (χ4n) is 1.13. The fourth-order valence-corrected chi connectivity index (χ4v) is 1.72. The molecule has 4 nitrogen and oxygen atoms in total. The van der Waals surface area contributed by atoms with Gasteiger partial charge in [0.25, 0.3) is 0 Å². The molecule has 16 heavy (non-hydrogen) atoms. The number of carbonyl (C=O) groups is 1. The van der Waals surface area contributed by atoms with Crippen LogP contribution in [0.2, 0.25) is 10.0 Å². The number of benzene rings is 1. The van der Waals surface area contributed by atoms with Crippen molar-refractivity contribution in [2.45, 2.75) is 6.92 Å². The van der Waals surface area contributed by atoms with Gasteiger partial charge < -0.3 is 14.6 Å². The number of methoxy groups -OCH3 is 1. The van der Waals surface area contributed by atoms with E-state index in [1.54, 1.807) is 6.92 Å². The zero-order valence-electron chi connectivity index (χ0n) is 8.71. The molecule has 1 aromatic rings. The van der Waals surface area contributed by atoms with Gasteiger partial charge in [0.15, 0.2) is 11.5 Å². The Morgan fingerprint density at radius 1 is 1.50 bits per heavy atom. The molecule has 0 fully saturated rings. The number of hydrogen-bond donors (Lipinski definition) is 1. The Bertz CT molecular complexity index is 418. The summed E-state index contributed by atoms with van der Waals surface area (Å²) in [7, 11) is 1.35. The Morgan fingerprint density at radius 3 is 2.62 bits per heavy atom. The average molecular weight is 265 g/mol. The maximum atomic E-state index is 11.5. The molecule has 1 aromatic carbocycles. The summed E-state index contributed by atoms with van der Waals surface area (Å²) in [4.78, 5) is 11.5. The van der Waals surface area contributed by atoms with Crippen LogP contribution in [0.3, 0.4) is 0 Å². The van der Waals surface area contributed by atoms with E-state index in [0.29, 0.717) is 0 Å². The monoisotopic (exact) mass is 264 g/mol. The quantitative estimate of drug-likeness (QED) is 0.854. The van der Waals surface area contributed by atoms with Gasteiger partial charge in [0.2, 0.25) is 0 Å². The van der Waals surface area contributed by atoms with E-state index in [2.05, 4.69) is 0 Å². The zero-order chi connectivity index (χ0) is 12.3. The highest BCUT2D eigenvalue weighted by atomic mass is 35.5. The fraction of sp³-hybridized carbons (Fsp3) is 0.300. The topological polar surface area (TPSA) is 55.8 Å². The second-order valence-electron chi connectivity index (χ2n) is 2.82. The van der Waals surface area contributed by atoms with Gasteiger partial charge in [-0.15, -0.1) is 0 Å². The van der Waals surface area contributed by atoms with Crippen LogP contribution in [-0.4, -0.2) is 24.8 Å². The van der Waals surface area contributed by atoms with Crippen LogP contribution in [-0.2, 0) is 4.74 Å². The van der Waals surface area contributed by atoms with Crippen molar-refractivity contribution in [2.75, 3.05) is 13.7 Å². The molecule has 0 radical (unpaired) electrons. The molecule has 1 rings (SSSR count). The number of aromatic hydroxyl groups is 1. The number of halogens is 2. The first kappa shape index (κ1) is 12.9. The summed E-state index contributed by atoms with van der Waals surface area (Å²) in [5, 5.41) is 9.49. The van der Waals surface area contributed by atoms with E-state index in [-0.39, 0.29) is 33.7 Å². The molecule has 0 spiro atoms. The molecule has 0 saturated carbocycles. The van der Waals surface area contributed by atoms with Crippen LogP contribution in [0.25, 0.3) is 0 Å². The lowest BCUT2D eigenvalue weighted by molar-refractivity contribution is 0.0526. The molecular formula is C10H10Cl2O4. The number of esters is 1. The number of carbonyl (C=O) groups excluding carboxylic acids is 1. The summed E-state index contributed by atoms with van der Waals surface area (Å²) in [6.07, 6.45) is 0. The lowest BCUT2D eigenvalue weighted by Crippen LogP contribution is -2.06. The summed E-state index contributed by atoms with van der Waals surface area (Å²) in [6, 6.07) is 1.30. The van der Waals surface area contributed by atoms with Crippen LogP contribution >= 0.6 is 23.2 Å². The van der Waals surface area contributed by atoms with E-state index in [1.165, 1.54) is 13.2 Å². The van der Waals surface area contributed by atoms with Crippen molar-refractivity contribution < 1.29 is 19.4 Å². The van der Waals surface area contributed by atoms with Gasteiger partial charge in [-0.2, -0.15) is 0 Å². The Balaban J connectivity index is 3.30. The maximum absolute atomic E-state index is 11.5. The van der Waals surface area contributed by atoms with Crippen molar-refractivity contribution in [1.29, 1.82) is 0 Å². The minimum absolute atomic E-state index is 0.0662. The first-order valence-corrected chi connectivity index (χ1v) is 5.20. The normalized spacial score (nSPS) is 10.0. The highest BCUT2D eigenvalue weighted by Gasteiger charge is 2.22. The predicted octanol–water partition coefficient (Wildman–Crippen LogP) is 2.88. The van der Waals surface area contributed by atoms with Crippen LogP contribution in [0.1, 0.15) is 17.3 Å². The highest BCUT2D eigenvalue weighted by molar-refractivity contribution is 6.40. The van der Waals surface area contributed by atoms with E-state index in [1.807, 2.05) is 0 Å². The van der Waals surface area contributed by atoms with Gasteiger partial charge in [0.1, 0.15) is 10.6 Å². The van der Waals surface area contributed by atoms with E-state index >= 15 is 0 Å². The largest absolute Gasteiger partial charge is 0.503 e. The van der Waals surface area contributed by atoms with Crippen LogP contribution in [0, 0.1) is 0 Å². The third-order valence-electron chi connectivity index (χ3n) is 1.86. The highest BCUT2D eigenvalue weighted by Crippen LogP contribution is 2.40. The molecule has 6 heteroatoms. The van der Waals surface area contributed by atoms with Gasteiger partial charge in [0.05, 0.1) is 18.7 Å².